The average molecular weight is 491 g/mol. The number of hydrogen-bond donors (Lipinski definition) is 2. The normalized spacial score (nSPS) is 16.2. The van der Waals surface area contributed by atoms with E-state index in [-0.39, 0.29) is 28.7 Å². The molecule has 0 bridgehead atoms. The van der Waals surface area contributed by atoms with E-state index in [4.69, 9.17) is 4.99 Å². The highest BCUT2D eigenvalue weighted by atomic mass is 127. The second kappa shape index (κ2) is 11.2. The van der Waals surface area contributed by atoms with Crippen LogP contribution >= 0.6 is 35.7 Å². The van der Waals surface area contributed by atoms with Crippen molar-refractivity contribution in [2.24, 2.45) is 4.99 Å². The Hall–Kier alpha value is -0.700. The third-order valence-corrected chi connectivity index (χ3v) is 5.80. The number of anilines is 1. The molecule has 0 saturated carbocycles. The number of piperidine rings is 1. The Balaban J connectivity index is 0.00000338. The van der Waals surface area contributed by atoms with Crippen LogP contribution in [0.15, 0.2) is 23.3 Å². The van der Waals surface area contributed by atoms with Gasteiger partial charge in [0, 0.05) is 36.6 Å². The third-order valence-electron chi connectivity index (χ3n) is 4.57. The van der Waals surface area contributed by atoms with Crippen molar-refractivity contribution in [1.29, 1.82) is 0 Å². The monoisotopic (exact) mass is 491 g/mol. The molecule has 0 aromatic carbocycles. The van der Waals surface area contributed by atoms with E-state index >= 15 is 0 Å². The molecule has 0 unspecified atom stereocenters. The molecule has 0 aliphatic carbocycles. The number of rotatable bonds is 6. The van der Waals surface area contributed by atoms with Crippen LogP contribution in [0.25, 0.3) is 0 Å². The third kappa shape index (κ3) is 7.50. The summed E-state index contributed by atoms with van der Waals surface area (Å²) >= 11 is 1.86. The molecule has 7 heteroatoms. The van der Waals surface area contributed by atoms with E-state index in [1.165, 1.54) is 5.56 Å². The number of aromatic nitrogens is 1. The molecule has 0 spiro atoms. The van der Waals surface area contributed by atoms with Crippen molar-refractivity contribution < 1.29 is 0 Å². The molecule has 1 aliphatic heterocycles. The maximum atomic E-state index is 4.78. The molecule has 0 atom stereocenters. The van der Waals surface area contributed by atoms with E-state index in [0.717, 1.165) is 50.8 Å². The Kier molecular flexibility index (Phi) is 10.1. The van der Waals surface area contributed by atoms with Crippen LogP contribution in [0.1, 0.15) is 39.2 Å². The summed E-state index contributed by atoms with van der Waals surface area (Å²) in [6.45, 7) is 12.4. The number of aryl methyl sites for hydroxylation is 1. The lowest BCUT2D eigenvalue weighted by molar-refractivity contribution is 0.459. The summed E-state index contributed by atoms with van der Waals surface area (Å²) in [5.74, 6) is 2.03. The Morgan fingerprint density at radius 2 is 2.04 bits per heavy atom. The van der Waals surface area contributed by atoms with Crippen molar-refractivity contribution in [3.63, 3.8) is 0 Å². The van der Waals surface area contributed by atoms with Gasteiger partial charge in [0.2, 0.25) is 0 Å². The fraction of sp³-hybridized carbons (Fsp3) is 0.684. The minimum atomic E-state index is 0. The van der Waals surface area contributed by atoms with E-state index in [1.54, 1.807) is 0 Å². The number of thioether (sulfide) groups is 1. The van der Waals surface area contributed by atoms with Crippen LogP contribution in [0.4, 0.5) is 5.82 Å². The van der Waals surface area contributed by atoms with Gasteiger partial charge in [-0.25, -0.2) is 4.98 Å². The summed E-state index contributed by atoms with van der Waals surface area (Å²) in [6.07, 6.45) is 6.30. The molecular formula is C19H34IN5S. The van der Waals surface area contributed by atoms with E-state index in [2.05, 4.69) is 66.6 Å². The Morgan fingerprint density at radius 1 is 1.35 bits per heavy atom. The second-order valence-electron chi connectivity index (χ2n) is 7.26. The Labute approximate surface area is 180 Å². The molecule has 5 nitrogen and oxygen atoms in total. The quantitative estimate of drug-likeness (QED) is 0.361. The summed E-state index contributed by atoms with van der Waals surface area (Å²) in [7, 11) is 0. The molecule has 1 fully saturated rings. The Bertz CT molecular complexity index is 554. The molecule has 0 amide bonds. The SMILES string of the molecule is CCNC(=NCC(C)(C)SC)NC1CCN(c2ccc(C)cn2)CC1.I. The van der Waals surface area contributed by atoms with Gasteiger partial charge in [-0.05, 0) is 58.4 Å². The molecular weight excluding hydrogens is 457 g/mol. The van der Waals surface area contributed by atoms with E-state index in [1.807, 2.05) is 18.0 Å². The van der Waals surface area contributed by atoms with Crippen LogP contribution < -0.4 is 15.5 Å². The first-order valence-corrected chi connectivity index (χ1v) is 10.4. The first-order chi connectivity index (χ1) is 11.9. The predicted octanol–water partition coefficient (Wildman–Crippen LogP) is 3.67. The average Bonchev–Trinajstić information content (AvgIpc) is 2.61. The highest BCUT2D eigenvalue weighted by Gasteiger charge is 2.21. The number of pyridine rings is 1. The van der Waals surface area contributed by atoms with Gasteiger partial charge >= 0.3 is 0 Å². The summed E-state index contributed by atoms with van der Waals surface area (Å²) in [5.41, 5.74) is 1.21. The standard InChI is InChI=1S/C19H33N5S.HI/c1-6-20-18(22-14-19(3,4)25-5)23-16-9-11-24(12-10-16)17-8-7-15(2)13-21-17;/h7-8,13,16H,6,9-12,14H2,1-5H3,(H2,20,22,23);1H. The largest absolute Gasteiger partial charge is 0.357 e. The zero-order valence-electron chi connectivity index (χ0n) is 16.7. The maximum absolute atomic E-state index is 4.78. The van der Waals surface area contributed by atoms with Crippen LogP contribution in [-0.2, 0) is 0 Å². The van der Waals surface area contributed by atoms with Crippen molar-refractivity contribution in [3.05, 3.63) is 23.9 Å². The lowest BCUT2D eigenvalue weighted by Gasteiger charge is -2.34. The molecule has 148 valence electrons. The van der Waals surface area contributed by atoms with E-state index in [0.29, 0.717) is 6.04 Å². The lowest BCUT2D eigenvalue weighted by atomic mass is 10.1. The van der Waals surface area contributed by atoms with Gasteiger partial charge in [0.05, 0.1) is 6.54 Å². The lowest BCUT2D eigenvalue weighted by Crippen LogP contribution is -2.49. The highest BCUT2D eigenvalue weighted by Crippen LogP contribution is 2.21. The minimum Gasteiger partial charge on any atom is -0.357 e. The van der Waals surface area contributed by atoms with Crippen LogP contribution in [0.2, 0.25) is 0 Å². The van der Waals surface area contributed by atoms with Crippen molar-refractivity contribution in [3.8, 4) is 0 Å². The van der Waals surface area contributed by atoms with Gasteiger partial charge in [0.15, 0.2) is 5.96 Å². The second-order valence-corrected chi connectivity index (χ2v) is 8.77. The van der Waals surface area contributed by atoms with Gasteiger partial charge in [0.25, 0.3) is 0 Å². The predicted molar refractivity (Wildman–Crippen MR) is 126 cm³/mol. The van der Waals surface area contributed by atoms with Crippen molar-refractivity contribution >= 4 is 47.5 Å². The Morgan fingerprint density at radius 3 is 2.58 bits per heavy atom. The van der Waals surface area contributed by atoms with Crippen LogP contribution in [-0.4, -0.2) is 54.2 Å². The molecule has 1 aromatic rings. The molecule has 2 rings (SSSR count). The summed E-state index contributed by atoms with van der Waals surface area (Å²) in [5, 5.41) is 7.00. The zero-order valence-corrected chi connectivity index (χ0v) is 19.9. The highest BCUT2D eigenvalue weighted by molar-refractivity contribution is 14.0. The van der Waals surface area contributed by atoms with Gasteiger partial charge in [-0.2, -0.15) is 11.8 Å². The molecule has 1 aliphatic rings. The summed E-state index contributed by atoms with van der Waals surface area (Å²) in [6, 6.07) is 4.73. The maximum Gasteiger partial charge on any atom is 0.191 e. The van der Waals surface area contributed by atoms with Gasteiger partial charge in [-0.1, -0.05) is 6.07 Å². The first kappa shape index (κ1) is 23.3. The van der Waals surface area contributed by atoms with Crippen molar-refractivity contribution in [2.45, 2.75) is 51.3 Å². The number of nitrogens with zero attached hydrogens (tertiary/aromatic N) is 3. The van der Waals surface area contributed by atoms with Crippen molar-refractivity contribution in [2.75, 3.05) is 37.3 Å². The van der Waals surface area contributed by atoms with Gasteiger partial charge in [0.1, 0.15) is 5.82 Å². The van der Waals surface area contributed by atoms with Gasteiger partial charge in [-0.15, -0.1) is 24.0 Å². The van der Waals surface area contributed by atoms with E-state index in [9.17, 15) is 0 Å². The smallest absolute Gasteiger partial charge is 0.191 e. The first-order valence-electron chi connectivity index (χ1n) is 9.21. The fourth-order valence-corrected chi connectivity index (χ4v) is 2.94. The summed E-state index contributed by atoms with van der Waals surface area (Å²) < 4.78 is 0.169. The van der Waals surface area contributed by atoms with Crippen LogP contribution in [0.5, 0.6) is 0 Å². The number of aliphatic imine (C=N–C) groups is 1. The van der Waals surface area contributed by atoms with E-state index < -0.39 is 0 Å². The number of guanidine groups is 1. The number of halogens is 1. The zero-order chi connectivity index (χ0) is 18.3. The molecule has 1 aromatic heterocycles. The fourth-order valence-electron chi connectivity index (χ4n) is 2.75. The molecule has 0 radical (unpaired) electrons. The molecule has 2 heterocycles. The molecule has 1 saturated heterocycles. The van der Waals surface area contributed by atoms with Crippen LogP contribution in [0.3, 0.4) is 0 Å². The van der Waals surface area contributed by atoms with Crippen molar-refractivity contribution in [1.82, 2.24) is 15.6 Å². The van der Waals surface area contributed by atoms with Gasteiger partial charge in [-0.3, -0.25) is 4.99 Å². The minimum absolute atomic E-state index is 0. The topological polar surface area (TPSA) is 52.6 Å². The summed E-state index contributed by atoms with van der Waals surface area (Å²) in [4.78, 5) is 11.7. The van der Waals surface area contributed by atoms with Crippen LogP contribution in [0, 0.1) is 6.92 Å². The number of nitrogens with one attached hydrogen (secondary N) is 2. The van der Waals surface area contributed by atoms with Gasteiger partial charge < -0.3 is 15.5 Å². The molecule has 26 heavy (non-hydrogen) atoms. The molecule has 2 N–H and O–H groups in total. The number of hydrogen-bond acceptors (Lipinski definition) is 4.